The van der Waals surface area contributed by atoms with Crippen LogP contribution in [0.5, 0.6) is 0 Å². The molecule has 0 saturated carbocycles. The van der Waals surface area contributed by atoms with Gasteiger partial charge in [0, 0.05) is 27.5 Å². The third-order valence-electron chi connectivity index (χ3n) is 9.19. The molecule has 0 spiro atoms. The standard InChI is InChI=1S/C48H30O/c1-2-13-33(14-3-1)37-20-10-21-42-43-22-11-23-44(48(43)49-47(37)42)46-40-18-8-6-16-38(40)45(39-17-7-9-19-41(39)46)34-27-24-32(25-28-34)36-29-26-31-12-4-5-15-35(31)30-36/h1-30H/i1D,2D,3D,6D,7D,8D,9D,13D,14D,16D,17D,18D,19D. The molecule has 0 aliphatic carbocycles. The first-order valence-corrected chi connectivity index (χ1v) is 15.8. The Morgan fingerprint density at radius 2 is 0.878 bits per heavy atom. The average Bonchev–Trinajstić information content (AvgIpc) is 3.69. The number of furan rings is 1. The summed E-state index contributed by atoms with van der Waals surface area (Å²) in [6, 6.07) is 25.4. The van der Waals surface area contributed by atoms with Gasteiger partial charge in [-0.25, -0.2) is 0 Å². The van der Waals surface area contributed by atoms with Gasteiger partial charge in [0.1, 0.15) is 11.2 Å². The van der Waals surface area contributed by atoms with E-state index in [9.17, 15) is 5.48 Å². The third kappa shape index (κ3) is 4.40. The molecule has 1 heteroatoms. The fourth-order valence-electron chi connectivity index (χ4n) is 6.98. The van der Waals surface area contributed by atoms with E-state index in [-0.39, 0.29) is 60.5 Å². The van der Waals surface area contributed by atoms with Crippen LogP contribution in [0.4, 0.5) is 0 Å². The molecule has 1 aromatic heterocycles. The van der Waals surface area contributed by atoms with Crippen LogP contribution in [-0.2, 0) is 0 Å². The zero-order chi connectivity index (χ0) is 43.6. The number of benzene rings is 9. The Kier molecular flexibility index (Phi) is 3.99. The van der Waals surface area contributed by atoms with E-state index >= 15 is 0 Å². The molecule has 10 rings (SSSR count). The van der Waals surface area contributed by atoms with Gasteiger partial charge in [-0.05, 0) is 66.2 Å². The maximum atomic E-state index is 9.44. The first kappa shape index (κ1) is 17.6. The molecular formula is C48H30O. The Morgan fingerprint density at radius 1 is 0.347 bits per heavy atom. The highest BCUT2D eigenvalue weighted by atomic mass is 16.3. The summed E-state index contributed by atoms with van der Waals surface area (Å²) >= 11 is 0. The maximum Gasteiger partial charge on any atom is 0.143 e. The van der Waals surface area contributed by atoms with E-state index in [1.54, 1.807) is 48.5 Å². The zero-order valence-electron chi connectivity index (χ0n) is 38.7. The van der Waals surface area contributed by atoms with Crippen LogP contribution in [0.1, 0.15) is 17.8 Å². The molecule has 1 nitrogen and oxygen atoms in total. The van der Waals surface area contributed by atoms with Gasteiger partial charge in [-0.15, -0.1) is 0 Å². The lowest BCUT2D eigenvalue weighted by Crippen LogP contribution is -1.91. The van der Waals surface area contributed by atoms with Crippen molar-refractivity contribution >= 4 is 54.3 Å². The molecule has 10 aromatic rings. The highest BCUT2D eigenvalue weighted by molar-refractivity contribution is 6.24. The lowest BCUT2D eigenvalue weighted by molar-refractivity contribution is 0.671. The predicted molar refractivity (Wildman–Crippen MR) is 208 cm³/mol. The van der Waals surface area contributed by atoms with Gasteiger partial charge in [-0.3, -0.25) is 0 Å². The summed E-state index contributed by atoms with van der Waals surface area (Å²) in [4.78, 5) is 0. The molecular weight excluding hydrogens is 593 g/mol. The van der Waals surface area contributed by atoms with Crippen LogP contribution in [0.25, 0.3) is 98.8 Å². The van der Waals surface area contributed by atoms with Crippen molar-refractivity contribution in [2.45, 2.75) is 0 Å². The molecule has 0 amide bonds. The van der Waals surface area contributed by atoms with Crippen molar-refractivity contribution in [1.82, 2.24) is 0 Å². The summed E-state index contributed by atoms with van der Waals surface area (Å²) in [6.07, 6.45) is 0. The Balaban J connectivity index is 1.33. The van der Waals surface area contributed by atoms with Crippen LogP contribution in [0, 0.1) is 0 Å². The monoisotopic (exact) mass is 635 g/mol. The molecule has 1 heterocycles. The molecule has 0 radical (unpaired) electrons. The molecule has 0 bridgehead atoms. The minimum atomic E-state index is -0.542. The number of hydrogen-bond donors (Lipinski definition) is 0. The summed E-state index contributed by atoms with van der Waals surface area (Å²) in [5.41, 5.74) is 3.38. The Bertz CT molecular complexity index is 3500. The molecule has 49 heavy (non-hydrogen) atoms. The van der Waals surface area contributed by atoms with E-state index in [0.717, 1.165) is 21.9 Å². The quantitative estimate of drug-likeness (QED) is 0.175. The smallest absolute Gasteiger partial charge is 0.143 e. The van der Waals surface area contributed by atoms with E-state index in [0.29, 0.717) is 16.3 Å². The van der Waals surface area contributed by atoms with E-state index in [2.05, 4.69) is 6.07 Å². The number of hydrogen-bond acceptors (Lipinski definition) is 1. The van der Waals surface area contributed by atoms with Gasteiger partial charge in [-0.2, -0.15) is 0 Å². The minimum absolute atomic E-state index is 0.0148. The Labute approximate surface area is 302 Å². The first-order chi connectivity index (χ1) is 29.7. The van der Waals surface area contributed by atoms with Gasteiger partial charge >= 0.3 is 0 Å². The van der Waals surface area contributed by atoms with Crippen molar-refractivity contribution in [1.29, 1.82) is 0 Å². The second-order valence-electron chi connectivity index (χ2n) is 11.9. The maximum absolute atomic E-state index is 9.44. The fraction of sp³-hybridized carbons (Fsp3) is 0. The summed E-state index contributed by atoms with van der Waals surface area (Å²) in [6.45, 7) is 0. The number of fused-ring (bicyclic) bond motifs is 6. The third-order valence-corrected chi connectivity index (χ3v) is 9.19. The van der Waals surface area contributed by atoms with Gasteiger partial charge in [0.15, 0.2) is 0 Å². The van der Waals surface area contributed by atoms with Gasteiger partial charge < -0.3 is 4.42 Å². The van der Waals surface area contributed by atoms with E-state index < -0.39 is 78.6 Å². The van der Waals surface area contributed by atoms with Crippen LogP contribution in [-0.4, -0.2) is 0 Å². The Hall–Kier alpha value is -6.44. The van der Waals surface area contributed by atoms with Crippen molar-refractivity contribution in [3.05, 3.63) is 182 Å². The predicted octanol–water partition coefficient (Wildman–Crippen LogP) is 13.7. The van der Waals surface area contributed by atoms with Crippen molar-refractivity contribution in [2.75, 3.05) is 0 Å². The van der Waals surface area contributed by atoms with Crippen molar-refractivity contribution in [2.24, 2.45) is 0 Å². The van der Waals surface area contributed by atoms with Gasteiger partial charge in [0.05, 0.1) is 17.8 Å². The van der Waals surface area contributed by atoms with E-state index in [4.69, 9.17) is 16.8 Å². The summed E-state index contributed by atoms with van der Waals surface area (Å²) < 4.78 is 122. The highest BCUT2D eigenvalue weighted by Crippen LogP contribution is 2.47. The molecule has 0 aliphatic rings. The van der Waals surface area contributed by atoms with E-state index in [1.807, 2.05) is 48.5 Å². The van der Waals surface area contributed by atoms with Gasteiger partial charge in [0.25, 0.3) is 0 Å². The molecule has 228 valence electrons. The summed E-state index contributed by atoms with van der Waals surface area (Å²) in [7, 11) is 0. The fourth-order valence-corrected chi connectivity index (χ4v) is 6.98. The second kappa shape index (κ2) is 11.1. The molecule has 0 saturated heterocycles. The van der Waals surface area contributed by atoms with E-state index in [1.165, 1.54) is 0 Å². The normalized spacial score (nSPS) is 15.4. The largest absolute Gasteiger partial charge is 0.455 e. The minimum Gasteiger partial charge on any atom is -0.455 e. The lowest BCUT2D eigenvalue weighted by Gasteiger charge is -2.18. The summed E-state index contributed by atoms with van der Waals surface area (Å²) in [5.74, 6) is 0. The summed E-state index contributed by atoms with van der Waals surface area (Å²) in [5, 5.41) is 3.31. The lowest BCUT2D eigenvalue weighted by atomic mass is 9.85. The van der Waals surface area contributed by atoms with Crippen molar-refractivity contribution < 1.29 is 22.2 Å². The van der Waals surface area contributed by atoms with Gasteiger partial charge in [-0.1, -0.05) is 176 Å². The average molecular weight is 636 g/mol. The first-order valence-electron chi connectivity index (χ1n) is 22.3. The van der Waals surface area contributed by atoms with Crippen LogP contribution in [0.15, 0.2) is 186 Å². The second-order valence-corrected chi connectivity index (χ2v) is 11.9. The Morgan fingerprint density at radius 3 is 1.55 bits per heavy atom. The zero-order valence-corrected chi connectivity index (χ0v) is 25.7. The van der Waals surface area contributed by atoms with Crippen LogP contribution >= 0.6 is 0 Å². The molecule has 9 aromatic carbocycles. The topological polar surface area (TPSA) is 13.1 Å². The molecule has 0 aliphatic heterocycles. The van der Waals surface area contributed by atoms with Crippen LogP contribution in [0.2, 0.25) is 0 Å². The van der Waals surface area contributed by atoms with Crippen LogP contribution in [0.3, 0.4) is 0 Å². The SMILES string of the molecule is [2H]c1c([2H])c([2H])c(-c2cccc3c2oc2c(-c4c5c([2H])c([2H])c([2H])c([2H])c5c(-c5ccc(-c6ccc7ccccc7c6)cc5)c5c([2H])c([2H])c([2H])c([2H])c45)cccc23)c([2H])c1[2H]. The number of rotatable bonds is 4. The van der Waals surface area contributed by atoms with Crippen LogP contribution < -0.4 is 0 Å². The number of para-hydroxylation sites is 2. The molecule has 0 unspecified atom stereocenters. The molecule has 0 atom stereocenters. The molecule has 0 N–H and O–H groups in total. The van der Waals surface area contributed by atoms with Crippen molar-refractivity contribution in [3.63, 3.8) is 0 Å². The van der Waals surface area contributed by atoms with Gasteiger partial charge in [0.2, 0.25) is 0 Å². The highest BCUT2D eigenvalue weighted by Gasteiger charge is 2.21. The van der Waals surface area contributed by atoms with Crippen molar-refractivity contribution in [3.8, 4) is 44.5 Å². The molecule has 0 fully saturated rings.